The number of aliphatic hydroxyl groups excluding tert-OH is 1. The number of carbonyl (C=O) groups is 2. The Morgan fingerprint density at radius 2 is 1.55 bits per heavy atom. The summed E-state index contributed by atoms with van der Waals surface area (Å²) in [6.07, 6.45) is 0.0103. The number of amides is 1. The van der Waals surface area contributed by atoms with Gasteiger partial charge in [0.15, 0.2) is 0 Å². The van der Waals surface area contributed by atoms with Gasteiger partial charge in [0, 0.05) is 18.7 Å². The van der Waals surface area contributed by atoms with E-state index in [0.717, 1.165) is 11.1 Å². The highest BCUT2D eigenvalue weighted by Crippen LogP contribution is 2.40. The number of rotatable bonds is 10. The monoisotopic (exact) mass is 514 g/mol. The van der Waals surface area contributed by atoms with Crippen LogP contribution in [0.15, 0.2) is 84.4 Å². The van der Waals surface area contributed by atoms with Crippen LogP contribution in [0.2, 0.25) is 0 Å². The van der Waals surface area contributed by atoms with E-state index in [9.17, 15) is 14.7 Å². The van der Waals surface area contributed by atoms with Gasteiger partial charge in [0.1, 0.15) is 23.9 Å². The van der Waals surface area contributed by atoms with Gasteiger partial charge in [0.05, 0.1) is 17.7 Å². The number of likely N-dealkylation sites (tertiary alicyclic amines) is 1. The number of ether oxygens (including phenoxy) is 2. The first-order valence-corrected chi connectivity index (χ1v) is 12.7. The molecule has 3 aromatic carbocycles. The van der Waals surface area contributed by atoms with Crippen LogP contribution < -0.4 is 9.47 Å². The second-order valence-electron chi connectivity index (χ2n) is 9.83. The lowest BCUT2D eigenvalue weighted by Gasteiger charge is -2.26. The topological polar surface area (TPSA) is 79.3 Å². The average Bonchev–Trinajstić information content (AvgIpc) is 3.16. The van der Waals surface area contributed by atoms with Crippen LogP contribution in [0.25, 0.3) is 5.76 Å². The van der Waals surface area contributed by atoms with Crippen LogP contribution in [0.3, 0.4) is 0 Å². The Kier molecular flexibility index (Phi) is 8.48. The second-order valence-corrected chi connectivity index (χ2v) is 9.83. The molecule has 1 fully saturated rings. The highest BCUT2D eigenvalue weighted by Gasteiger charge is 2.45. The van der Waals surface area contributed by atoms with Crippen LogP contribution in [-0.2, 0) is 16.2 Å². The van der Waals surface area contributed by atoms with Gasteiger partial charge in [-0.3, -0.25) is 9.59 Å². The molecule has 1 heterocycles. The lowest BCUT2D eigenvalue weighted by molar-refractivity contribution is -0.140. The minimum absolute atomic E-state index is 0.0103. The molecule has 0 spiro atoms. The van der Waals surface area contributed by atoms with E-state index in [1.165, 1.54) is 4.90 Å². The molecule has 198 valence electrons. The molecule has 38 heavy (non-hydrogen) atoms. The van der Waals surface area contributed by atoms with Gasteiger partial charge >= 0.3 is 0 Å². The summed E-state index contributed by atoms with van der Waals surface area (Å²) in [6, 6.07) is 23.3. The molecule has 0 saturated carbocycles. The molecular weight excluding hydrogens is 480 g/mol. The predicted octanol–water partition coefficient (Wildman–Crippen LogP) is 5.04. The first-order chi connectivity index (χ1) is 18.2. The number of hydrogen-bond acceptors (Lipinski definition) is 6. The predicted molar refractivity (Wildman–Crippen MR) is 147 cm³/mol. The molecular formula is C31H34N2O5. The molecule has 0 aliphatic carbocycles. The molecule has 0 aromatic heterocycles. The quantitative estimate of drug-likeness (QED) is 0.232. The summed E-state index contributed by atoms with van der Waals surface area (Å²) >= 11 is 0. The summed E-state index contributed by atoms with van der Waals surface area (Å²) in [5.74, 6) is -0.198. The number of nitrogens with zero attached hydrogens (tertiary/aromatic N) is 2. The molecule has 1 N–H and O–H groups in total. The maximum absolute atomic E-state index is 13.2. The lowest BCUT2D eigenvalue weighted by atomic mass is 9.95. The zero-order valence-corrected chi connectivity index (χ0v) is 22.3. The van der Waals surface area contributed by atoms with Crippen LogP contribution in [0.1, 0.15) is 36.6 Å². The van der Waals surface area contributed by atoms with Gasteiger partial charge in [-0.1, -0.05) is 42.5 Å². The fourth-order valence-electron chi connectivity index (χ4n) is 4.37. The third-order valence-electron chi connectivity index (χ3n) is 6.27. The zero-order valence-electron chi connectivity index (χ0n) is 22.3. The SMILES string of the molecule is CC(C)Oc1ccc(/C(O)=C2/C(=O)C(=O)N(CCN(C)C)C2c2ccc(OCc3ccccc3)cc2)cc1. The molecule has 7 heteroatoms. The van der Waals surface area contributed by atoms with Crippen LogP contribution in [0, 0.1) is 0 Å². The molecule has 1 saturated heterocycles. The number of aliphatic hydroxyl groups is 1. The van der Waals surface area contributed by atoms with Crippen molar-refractivity contribution < 1.29 is 24.2 Å². The van der Waals surface area contributed by atoms with Gasteiger partial charge < -0.3 is 24.4 Å². The lowest BCUT2D eigenvalue weighted by Crippen LogP contribution is -2.35. The fourth-order valence-corrected chi connectivity index (χ4v) is 4.37. The third kappa shape index (κ3) is 6.23. The molecule has 1 aliphatic rings. The normalized spacial score (nSPS) is 16.9. The van der Waals surface area contributed by atoms with Crippen LogP contribution >= 0.6 is 0 Å². The highest BCUT2D eigenvalue weighted by atomic mass is 16.5. The highest BCUT2D eigenvalue weighted by molar-refractivity contribution is 6.46. The largest absolute Gasteiger partial charge is 0.507 e. The maximum Gasteiger partial charge on any atom is 0.295 e. The van der Waals surface area contributed by atoms with E-state index < -0.39 is 17.7 Å². The third-order valence-corrected chi connectivity index (χ3v) is 6.27. The Morgan fingerprint density at radius 3 is 2.16 bits per heavy atom. The van der Waals surface area contributed by atoms with Crippen molar-refractivity contribution in [2.24, 2.45) is 0 Å². The minimum atomic E-state index is -0.718. The molecule has 3 aromatic rings. The van der Waals surface area contributed by atoms with Crippen molar-refractivity contribution in [2.45, 2.75) is 32.6 Å². The van der Waals surface area contributed by atoms with Crippen molar-refractivity contribution in [3.8, 4) is 11.5 Å². The number of carbonyl (C=O) groups excluding carboxylic acids is 2. The number of likely N-dealkylation sites (N-methyl/N-ethyl adjacent to an activating group) is 1. The van der Waals surface area contributed by atoms with E-state index >= 15 is 0 Å². The molecule has 0 radical (unpaired) electrons. The molecule has 7 nitrogen and oxygen atoms in total. The first kappa shape index (κ1) is 26.9. The van der Waals surface area contributed by atoms with E-state index in [2.05, 4.69) is 0 Å². The van der Waals surface area contributed by atoms with Crippen LogP contribution in [0.4, 0.5) is 0 Å². The molecule has 1 atom stereocenters. The first-order valence-electron chi connectivity index (χ1n) is 12.7. The van der Waals surface area contributed by atoms with Crippen molar-refractivity contribution in [1.29, 1.82) is 0 Å². The Bertz CT molecular complexity index is 1280. The van der Waals surface area contributed by atoms with E-state index in [4.69, 9.17) is 9.47 Å². The zero-order chi connectivity index (χ0) is 27.2. The van der Waals surface area contributed by atoms with Gasteiger partial charge in [0.2, 0.25) is 0 Å². The van der Waals surface area contributed by atoms with E-state index in [0.29, 0.717) is 36.8 Å². The molecule has 1 amide bonds. The molecule has 1 aliphatic heterocycles. The van der Waals surface area contributed by atoms with Gasteiger partial charge in [-0.05, 0) is 75.5 Å². The van der Waals surface area contributed by atoms with Crippen LogP contribution in [-0.4, -0.2) is 59.9 Å². The van der Waals surface area contributed by atoms with E-state index in [1.54, 1.807) is 24.3 Å². The Hall–Kier alpha value is -4.10. The van der Waals surface area contributed by atoms with E-state index in [1.807, 2.05) is 87.4 Å². The summed E-state index contributed by atoms with van der Waals surface area (Å²) in [5.41, 5.74) is 2.29. The number of ketones is 1. The minimum Gasteiger partial charge on any atom is -0.507 e. The average molecular weight is 515 g/mol. The smallest absolute Gasteiger partial charge is 0.295 e. The molecule has 4 rings (SSSR count). The summed E-state index contributed by atoms with van der Waals surface area (Å²) in [7, 11) is 3.82. The summed E-state index contributed by atoms with van der Waals surface area (Å²) in [6.45, 7) is 5.20. The summed E-state index contributed by atoms with van der Waals surface area (Å²) in [4.78, 5) is 29.8. The van der Waals surface area contributed by atoms with Crippen molar-refractivity contribution in [3.63, 3.8) is 0 Å². The van der Waals surface area contributed by atoms with Gasteiger partial charge in [0.25, 0.3) is 11.7 Å². The molecule has 1 unspecified atom stereocenters. The number of Topliss-reactive ketones (excluding diaryl/α,β-unsaturated/α-hetero) is 1. The standard InChI is InChI=1S/C31H34N2O5/c1-21(2)38-26-16-12-24(13-17-26)29(34)27-28(33(19-18-32(3)4)31(36)30(27)35)23-10-14-25(15-11-23)37-20-22-8-6-5-7-9-22/h5-17,21,28,34H,18-20H2,1-4H3/b29-27-. The Balaban J connectivity index is 1.66. The van der Waals surface area contributed by atoms with Crippen molar-refractivity contribution in [3.05, 3.63) is 101 Å². The second kappa shape index (κ2) is 12.0. The van der Waals surface area contributed by atoms with Gasteiger partial charge in [-0.15, -0.1) is 0 Å². The van der Waals surface area contributed by atoms with Crippen LogP contribution in [0.5, 0.6) is 11.5 Å². The Labute approximate surface area is 223 Å². The van der Waals surface area contributed by atoms with Crippen molar-refractivity contribution in [1.82, 2.24) is 9.80 Å². The maximum atomic E-state index is 13.2. The fraction of sp³-hybridized carbons (Fsp3) is 0.290. The summed E-state index contributed by atoms with van der Waals surface area (Å²) in [5, 5.41) is 11.3. The van der Waals surface area contributed by atoms with Gasteiger partial charge in [-0.25, -0.2) is 0 Å². The van der Waals surface area contributed by atoms with Crippen molar-refractivity contribution in [2.75, 3.05) is 27.2 Å². The Morgan fingerprint density at radius 1 is 0.921 bits per heavy atom. The van der Waals surface area contributed by atoms with Crippen molar-refractivity contribution >= 4 is 17.4 Å². The van der Waals surface area contributed by atoms with E-state index in [-0.39, 0.29) is 17.4 Å². The number of benzene rings is 3. The van der Waals surface area contributed by atoms with Gasteiger partial charge in [-0.2, -0.15) is 0 Å². The molecule has 0 bridgehead atoms. The number of hydrogen-bond donors (Lipinski definition) is 1. The summed E-state index contributed by atoms with van der Waals surface area (Å²) < 4.78 is 11.6.